The van der Waals surface area contributed by atoms with Gasteiger partial charge in [0.2, 0.25) is 0 Å². The van der Waals surface area contributed by atoms with Gasteiger partial charge in [-0.1, -0.05) is 68.8 Å². The summed E-state index contributed by atoms with van der Waals surface area (Å²) in [6.45, 7) is 6.39. The molecule has 0 saturated heterocycles. The van der Waals surface area contributed by atoms with Gasteiger partial charge in [0.25, 0.3) is 15.9 Å². The van der Waals surface area contributed by atoms with E-state index in [1.54, 1.807) is 60.7 Å². The van der Waals surface area contributed by atoms with E-state index < -0.39 is 22.0 Å². The van der Waals surface area contributed by atoms with Crippen molar-refractivity contribution in [1.29, 1.82) is 0 Å². The molecule has 1 heterocycles. The Balaban J connectivity index is 1.55. The minimum Gasteiger partial charge on any atom is -0.490 e. The number of hydrogen-bond acceptors (Lipinski definition) is 5. The monoisotopic (exact) mass is 528 g/mol. The number of nitrogens with one attached hydrogen (secondary N) is 1. The zero-order valence-corrected chi connectivity index (χ0v) is 22.0. The summed E-state index contributed by atoms with van der Waals surface area (Å²) in [4.78, 5) is 13.1. The third-order valence-electron chi connectivity index (χ3n) is 5.81. The fourth-order valence-corrected chi connectivity index (χ4v) is 5.49. The van der Waals surface area contributed by atoms with Gasteiger partial charge in [-0.25, -0.2) is 8.42 Å². The molecule has 3 aromatic carbocycles. The molecule has 0 fully saturated rings. The molecule has 4 rings (SSSR count). The second-order valence-electron chi connectivity index (χ2n) is 9.46. The quantitative estimate of drug-likeness (QED) is 0.446. The molecule has 1 amide bonds. The number of para-hydroxylation sites is 1. The van der Waals surface area contributed by atoms with E-state index in [1.165, 1.54) is 4.31 Å². The van der Waals surface area contributed by atoms with Gasteiger partial charge in [0.15, 0.2) is 6.10 Å². The average molecular weight is 529 g/mol. The largest absolute Gasteiger partial charge is 0.490 e. The summed E-state index contributed by atoms with van der Waals surface area (Å²) < 4.78 is 40.1. The molecule has 0 saturated carbocycles. The minimum absolute atomic E-state index is 0.145. The Labute approximate surface area is 217 Å². The summed E-state index contributed by atoms with van der Waals surface area (Å²) in [6, 6.07) is 20.7. The molecular formula is C27H29ClN2O5S. The highest BCUT2D eigenvalue weighted by Crippen LogP contribution is 2.40. The number of benzene rings is 3. The highest BCUT2D eigenvalue weighted by Gasteiger charge is 2.38. The fourth-order valence-electron chi connectivity index (χ4n) is 3.81. The van der Waals surface area contributed by atoms with Crippen molar-refractivity contribution in [3.8, 4) is 11.5 Å². The molecule has 190 valence electrons. The van der Waals surface area contributed by atoms with Crippen LogP contribution in [0.3, 0.4) is 0 Å². The van der Waals surface area contributed by atoms with Crippen molar-refractivity contribution in [3.05, 3.63) is 83.4 Å². The molecule has 36 heavy (non-hydrogen) atoms. The molecule has 1 aliphatic rings. The maximum absolute atomic E-state index is 13.6. The highest BCUT2D eigenvalue weighted by molar-refractivity contribution is 7.92. The van der Waals surface area contributed by atoms with Crippen LogP contribution in [0.2, 0.25) is 5.02 Å². The highest BCUT2D eigenvalue weighted by atomic mass is 35.5. The van der Waals surface area contributed by atoms with Crippen LogP contribution >= 0.6 is 11.6 Å². The van der Waals surface area contributed by atoms with Gasteiger partial charge in [0.1, 0.15) is 18.1 Å². The molecule has 0 radical (unpaired) electrons. The van der Waals surface area contributed by atoms with Gasteiger partial charge in [0, 0.05) is 0 Å². The SMILES string of the molecule is CC(C)(C)c1ccc2c(c1)N(S(=O)(=O)c1ccccc1)CC(C(=O)NCCOc1ccccc1Cl)O2. The number of nitrogens with zero attached hydrogens (tertiary/aromatic N) is 1. The Hall–Kier alpha value is -3.23. The lowest BCUT2D eigenvalue weighted by Gasteiger charge is -2.36. The Morgan fingerprint density at radius 1 is 1.08 bits per heavy atom. The van der Waals surface area contributed by atoms with Crippen molar-refractivity contribution >= 4 is 33.2 Å². The smallest absolute Gasteiger partial charge is 0.264 e. The summed E-state index contributed by atoms with van der Waals surface area (Å²) in [5.41, 5.74) is 1.17. The second-order valence-corrected chi connectivity index (χ2v) is 11.7. The molecule has 0 spiro atoms. The number of hydrogen-bond donors (Lipinski definition) is 1. The van der Waals surface area contributed by atoms with Crippen molar-refractivity contribution < 1.29 is 22.7 Å². The van der Waals surface area contributed by atoms with Crippen LogP contribution < -0.4 is 19.1 Å². The van der Waals surface area contributed by atoms with Gasteiger partial charge in [-0.05, 0) is 47.4 Å². The molecular weight excluding hydrogens is 500 g/mol. The van der Waals surface area contributed by atoms with Crippen molar-refractivity contribution in [2.24, 2.45) is 0 Å². The van der Waals surface area contributed by atoms with Crippen molar-refractivity contribution in [2.75, 3.05) is 24.0 Å². The summed E-state index contributed by atoms with van der Waals surface area (Å²) >= 11 is 6.09. The summed E-state index contributed by atoms with van der Waals surface area (Å²) in [5, 5.41) is 3.25. The minimum atomic E-state index is -3.94. The maximum atomic E-state index is 13.6. The van der Waals surface area contributed by atoms with Crippen LogP contribution in [0, 0.1) is 0 Å². The first-order chi connectivity index (χ1) is 17.1. The molecule has 1 N–H and O–H groups in total. The summed E-state index contributed by atoms with van der Waals surface area (Å²) in [7, 11) is -3.94. The van der Waals surface area contributed by atoms with E-state index in [1.807, 2.05) is 12.1 Å². The van der Waals surface area contributed by atoms with E-state index in [9.17, 15) is 13.2 Å². The van der Waals surface area contributed by atoms with E-state index in [4.69, 9.17) is 21.1 Å². The average Bonchev–Trinajstić information content (AvgIpc) is 2.86. The van der Waals surface area contributed by atoms with Crippen LogP contribution in [0.5, 0.6) is 11.5 Å². The molecule has 1 unspecified atom stereocenters. The molecule has 3 aromatic rings. The van der Waals surface area contributed by atoms with E-state index in [2.05, 4.69) is 26.1 Å². The molecule has 0 bridgehead atoms. The lowest BCUT2D eigenvalue weighted by molar-refractivity contribution is -0.127. The normalized spacial score (nSPS) is 15.6. The molecule has 1 aliphatic heterocycles. The predicted octanol–water partition coefficient (Wildman–Crippen LogP) is 4.79. The van der Waals surface area contributed by atoms with E-state index in [0.717, 1.165) is 5.56 Å². The van der Waals surface area contributed by atoms with Crippen LogP contribution in [-0.2, 0) is 20.2 Å². The van der Waals surface area contributed by atoms with Crippen LogP contribution in [0.4, 0.5) is 5.69 Å². The number of amides is 1. The second kappa shape index (κ2) is 10.4. The third-order valence-corrected chi connectivity index (χ3v) is 7.92. The van der Waals surface area contributed by atoms with Crippen molar-refractivity contribution in [3.63, 3.8) is 0 Å². The van der Waals surface area contributed by atoms with Crippen LogP contribution in [0.15, 0.2) is 77.7 Å². The Morgan fingerprint density at radius 2 is 1.78 bits per heavy atom. The van der Waals surface area contributed by atoms with Crippen LogP contribution in [0.25, 0.3) is 0 Å². The zero-order valence-electron chi connectivity index (χ0n) is 20.4. The topological polar surface area (TPSA) is 84.9 Å². The Morgan fingerprint density at radius 3 is 2.47 bits per heavy atom. The van der Waals surface area contributed by atoms with Gasteiger partial charge in [-0.15, -0.1) is 0 Å². The van der Waals surface area contributed by atoms with Gasteiger partial charge >= 0.3 is 0 Å². The first kappa shape index (κ1) is 25.9. The summed E-state index contributed by atoms with van der Waals surface area (Å²) in [6.07, 6.45) is -1.03. The maximum Gasteiger partial charge on any atom is 0.264 e. The van der Waals surface area contributed by atoms with Gasteiger partial charge in [-0.2, -0.15) is 0 Å². The Kier molecular flexibility index (Phi) is 7.47. The van der Waals surface area contributed by atoms with Crippen LogP contribution in [0.1, 0.15) is 26.3 Å². The number of sulfonamides is 1. The van der Waals surface area contributed by atoms with Gasteiger partial charge in [0.05, 0.1) is 28.7 Å². The number of ether oxygens (including phenoxy) is 2. The molecule has 7 nitrogen and oxygen atoms in total. The molecule has 1 atom stereocenters. The van der Waals surface area contributed by atoms with Crippen molar-refractivity contribution in [2.45, 2.75) is 37.2 Å². The van der Waals surface area contributed by atoms with Gasteiger partial charge < -0.3 is 14.8 Å². The standard InChI is InChI=1S/C27H29ClN2O5S/c1-27(2,3)19-13-14-24-22(17-19)30(36(32,33)20-9-5-4-6-10-20)18-25(35-24)26(31)29-15-16-34-23-12-8-7-11-21(23)28/h4-14,17,25H,15-16,18H2,1-3H3,(H,29,31). The van der Waals surface area contributed by atoms with E-state index in [0.29, 0.717) is 22.2 Å². The summed E-state index contributed by atoms with van der Waals surface area (Å²) in [5.74, 6) is 0.420. The molecule has 0 aromatic heterocycles. The predicted molar refractivity (Wildman–Crippen MR) is 140 cm³/mol. The van der Waals surface area contributed by atoms with E-state index >= 15 is 0 Å². The molecule has 0 aliphatic carbocycles. The third kappa shape index (κ3) is 5.60. The lowest BCUT2D eigenvalue weighted by Crippen LogP contribution is -2.51. The fraction of sp³-hybridized carbons (Fsp3) is 0.296. The lowest BCUT2D eigenvalue weighted by atomic mass is 9.86. The zero-order chi connectivity index (χ0) is 25.9. The number of carbonyl (C=O) groups excluding carboxylic acids is 1. The molecule has 9 heteroatoms. The first-order valence-corrected chi connectivity index (χ1v) is 13.4. The number of rotatable bonds is 7. The number of fused-ring (bicyclic) bond motifs is 1. The van der Waals surface area contributed by atoms with Crippen LogP contribution in [-0.4, -0.2) is 40.1 Å². The van der Waals surface area contributed by atoms with Crippen molar-refractivity contribution in [1.82, 2.24) is 5.32 Å². The van der Waals surface area contributed by atoms with E-state index in [-0.39, 0.29) is 30.0 Å². The Bertz CT molecular complexity index is 1340. The first-order valence-electron chi connectivity index (χ1n) is 11.6. The number of carbonyl (C=O) groups is 1. The van der Waals surface area contributed by atoms with Gasteiger partial charge in [-0.3, -0.25) is 9.10 Å². The number of halogens is 1. The number of anilines is 1.